The van der Waals surface area contributed by atoms with E-state index in [1.165, 1.54) is 12.1 Å². The number of aromatic hydroxyl groups is 1. The summed E-state index contributed by atoms with van der Waals surface area (Å²) in [6.45, 7) is 4.90. The van der Waals surface area contributed by atoms with Gasteiger partial charge in [0, 0.05) is 18.6 Å². The molecule has 1 unspecified atom stereocenters. The van der Waals surface area contributed by atoms with Crippen LogP contribution in [0.5, 0.6) is 17.2 Å². The van der Waals surface area contributed by atoms with Crippen molar-refractivity contribution < 1.29 is 19.4 Å². The molecule has 0 radical (unpaired) electrons. The molecule has 0 spiro atoms. The molecule has 146 valence electrons. The van der Waals surface area contributed by atoms with Gasteiger partial charge in [-0.3, -0.25) is 0 Å². The largest absolute Gasteiger partial charge is 0.508 e. The lowest BCUT2D eigenvalue weighted by molar-refractivity contribution is 0.0712. The van der Waals surface area contributed by atoms with Gasteiger partial charge in [-0.25, -0.2) is 0 Å². The highest BCUT2D eigenvalue weighted by Crippen LogP contribution is 2.36. The van der Waals surface area contributed by atoms with E-state index in [0.29, 0.717) is 25.4 Å². The Balaban J connectivity index is 1.71. The lowest BCUT2D eigenvalue weighted by atomic mass is 10.2. The van der Waals surface area contributed by atoms with Gasteiger partial charge in [-0.2, -0.15) is 0 Å². The van der Waals surface area contributed by atoms with Crippen molar-refractivity contribution in [1.29, 1.82) is 0 Å². The van der Waals surface area contributed by atoms with E-state index in [9.17, 15) is 5.11 Å². The zero-order valence-corrected chi connectivity index (χ0v) is 16.8. The third-order valence-electron chi connectivity index (χ3n) is 3.68. The molecule has 0 aliphatic carbocycles. The first kappa shape index (κ1) is 21.2. The minimum Gasteiger partial charge on any atom is -0.508 e. The van der Waals surface area contributed by atoms with E-state index in [0.717, 1.165) is 17.7 Å². The van der Waals surface area contributed by atoms with E-state index in [1.807, 2.05) is 38.1 Å². The maximum absolute atomic E-state index is 9.40. The molecule has 0 aliphatic heterocycles. The van der Waals surface area contributed by atoms with Crippen molar-refractivity contribution in [2.75, 3.05) is 13.2 Å². The molecule has 2 rings (SSSR count). The van der Waals surface area contributed by atoms with Gasteiger partial charge in [0.1, 0.15) is 17.6 Å². The minimum absolute atomic E-state index is 0.000567. The quantitative estimate of drug-likeness (QED) is 0.309. The average molecular weight is 412 g/mol. The number of halogens is 2. The molecule has 0 aliphatic rings. The zero-order chi connectivity index (χ0) is 19.6. The van der Waals surface area contributed by atoms with Crippen LogP contribution in [0.25, 0.3) is 0 Å². The molecule has 0 bridgehead atoms. The molecule has 1 atom stereocenters. The third kappa shape index (κ3) is 7.19. The van der Waals surface area contributed by atoms with Gasteiger partial charge in [-0.15, -0.1) is 0 Å². The Labute approximate surface area is 169 Å². The van der Waals surface area contributed by atoms with Crippen LogP contribution in [0.4, 0.5) is 0 Å². The number of nitrogens with zero attached hydrogens (tertiary/aromatic N) is 1. The predicted octanol–water partition coefficient (Wildman–Crippen LogP) is 5.70. The van der Waals surface area contributed by atoms with Crippen LogP contribution in [0.3, 0.4) is 0 Å². The number of phenols is 1. The fraction of sp³-hybridized carbons (Fsp3) is 0.350. The van der Waals surface area contributed by atoms with E-state index < -0.39 is 0 Å². The number of phenolic OH excluding ortho intramolecular Hbond substituents is 1. The van der Waals surface area contributed by atoms with Crippen molar-refractivity contribution in [2.45, 2.75) is 32.8 Å². The standard InChI is InChI=1S/C20H23Cl2NO4/c1-3-14(2)27-23-13-15-5-7-17(8-6-15)25-9-4-10-26-20-18(21)11-16(24)12-19(20)22/h5-8,11-14,24H,3-4,9-10H2,1-2H3. The Bertz CT molecular complexity index is 727. The monoisotopic (exact) mass is 411 g/mol. The Hall–Kier alpha value is -2.11. The lowest BCUT2D eigenvalue weighted by Gasteiger charge is -2.11. The summed E-state index contributed by atoms with van der Waals surface area (Å²) in [5, 5.41) is 13.9. The van der Waals surface area contributed by atoms with Gasteiger partial charge in [0.05, 0.1) is 29.5 Å². The first-order chi connectivity index (χ1) is 13.0. The Morgan fingerprint density at radius 2 is 1.70 bits per heavy atom. The molecule has 2 aromatic carbocycles. The van der Waals surface area contributed by atoms with Crippen molar-refractivity contribution in [3.8, 4) is 17.2 Å². The SMILES string of the molecule is CCC(C)ON=Cc1ccc(OCCCOc2c(Cl)cc(O)cc2Cl)cc1. The molecule has 27 heavy (non-hydrogen) atoms. The van der Waals surface area contributed by atoms with Crippen LogP contribution in [0, 0.1) is 0 Å². The Morgan fingerprint density at radius 3 is 2.33 bits per heavy atom. The molecule has 0 amide bonds. The van der Waals surface area contributed by atoms with Gasteiger partial charge < -0.3 is 19.4 Å². The van der Waals surface area contributed by atoms with Crippen molar-refractivity contribution in [3.05, 3.63) is 52.0 Å². The van der Waals surface area contributed by atoms with Crippen LogP contribution in [-0.2, 0) is 4.84 Å². The number of hydrogen-bond acceptors (Lipinski definition) is 5. The maximum atomic E-state index is 9.40. The van der Waals surface area contributed by atoms with Gasteiger partial charge in [-0.1, -0.05) is 35.3 Å². The molecule has 2 aromatic rings. The van der Waals surface area contributed by atoms with Gasteiger partial charge in [-0.05, 0) is 43.2 Å². The summed E-state index contributed by atoms with van der Waals surface area (Å²) < 4.78 is 11.2. The Kier molecular flexibility index (Phi) is 8.55. The van der Waals surface area contributed by atoms with E-state index in [-0.39, 0.29) is 21.9 Å². The number of hydrogen-bond donors (Lipinski definition) is 1. The summed E-state index contributed by atoms with van der Waals surface area (Å²) in [6.07, 6.45) is 3.35. The van der Waals surface area contributed by atoms with Gasteiger partial charge >= 0.3 is 0 Å². The molecule has 0 saturated heterocycles. The summed E-state index contributed by atoms with van der Waals surface area (Å²) in [5.74, 6) is 1.12. The normalized spacial score (nSPS) is 12.1. The van der Waals surface area contributed by atoms with E-state index in [1.54, 1.807) is 6.21 Å². The van der Waals surface area contributed by atoms with Crippen molar-refractivity contribution in [2.24, 2.45) is 5.16 Å². The van der Waals surface area contributed by atoms with Gasteiger partial charge in [0.25, 0.3) is 0 Å². The van der Waals surface area contributed by atoms with Crippen LogP contribution in [0.2, 0.25) is 10.0 Å². The maximum Gasteiger partial charge on any atom is 0.156 e. The molecule has 1 N–H and O–H groups in total. The van der Waals surface area contributed by atoms with Gasteiger partial charge in [0.2, 0.25) is 0 Å². The summed E-state index contributed by atoms with van der Waals surface area (Å²) in [4.78, 5) is 5.27. The van der Waals surface area contributed by atoms with E-state index in [4.69, 9.17) is 37.5 Å². The first-order valence-corrected chi connectivity index (χ1v) is 9.48. The molecular formula is C20H23Cl2NO4. The predicted molar refractivity (Wildman–Crippen MR) is 109 cm³/mol. The summed E-state index contributed by atoms with van der Waals surface area (Å²) in [6, 6.07) is 10.3. The molecule has 0 fully saturated rings. The second-order valence-electron chi connectivity index (χ2n) is 5.92. The smallest absolute Gasteiger partial charge is 0.156 e. The van der Waals surface area contributed by atoms with Crippen molar-refractivity contribution >= 4 is 29.4 Å². The number of benzene rings is 2. The highest BCUT2D eigenvalue weighted by atomic mass is 35.5. The molecule has 0 aromatic heterocycles. The highest BCUT2D eigenvalue weighted by molar-refractivity contribution is 6.37. The topological polar surface area (TPSA) is 60.3 Å². The van der Waals surface area contributed by atoms with Crippen LogP contribution >= 0.6 is 23.2 Å². The van der Waals surface area contributed by atoms with E-state index >= 15 is 0 Å². The minimum atomic E-state index is 0.000567. The fourth-order valence-electron chi connectivity index (χ4n) is 2.03. The number of ether oxygens (including phenoxy) is 2. The van der Waals surface area contributed by atoms with Crippen LogP contribution < -0.4 is 9.47 Å². The summed E-state index contributed by atoms with van der Waals surface area (Å²) in [7, 11) is 0. The molecule has 0 heterocycles. The Morgan fingerprint density at radius 1 is 1.07 bits per heavy atom. The second kappa shape index (κ2) is 10.9. The van der Waals surface area contributed by atoms with Crippen LogP contribution in [0.15, 0.2) is 41.6 Å². The van der Waals surface area contributed by atoms with Crippen molar-refractivity contribution in [1.82, 2.24) is 0 Å². The van der Waals surface area contributed by atoms with Gasteiger partial charge in [0.15, 0.2) is 5.75 Å². The molecule has 7 heteroatoms. The number of oxime groups is 1. The molecular weight excluding hydrogens is 389 g/mol. The summed E-state index contributed by atoms with van der Waals surface area (Å²) in [5.41, 5.74) is 0.936. The van der Waals surface area contributed by atoms with Crippen molar-refractivity contribution in [3.63, 3.8) is 0 Å². The highest BCUT2D eigenvalue weighted by Gasteiger charge is 2.09. The number of rotatable bonds is 10. The summed E-state index contributed by atoms with van der Waals surface area (Å²) >= 11 is 12.0. The fourth-order valence-corrected chi connectivity index (χ4v) is 2.61. The molecule has 5 nitrogen and oxygen atoms in total. The van der Waals surface area contributed by atoms with Crippen LogP contribution in [0.1, 0.15) is 32.3 Å². The lowest BCUT2D eigenvalue weighted by Crippen LogP contribution is -2.05. The van der Waals surface area contributed by atoms with Crippen LogP contribution in [-0.4, -0.2) is 30.6 Å². The zero-order valence-electron chi connectivity index (χ0n) is 15.3. The molecule has 0 saturated carbocycles. The van der Waals surface area contributed by atoms with E-state index in [2.05, 4.69) is 5.16 Å². The average Bonchev–Trinajstić information content (AvgIpc) is 2.64. The third-order valence-corrected chi connectivity index (χ3v) is 4.25. The second-order valence-corrected chi connectivity index (χ2v) is 6.73. The first-order valence-electron chi connectivity index (χ1n) is 8.72.